The van der Waals surface area contributed by atoms with Crippen molar-refractivity contribution >= 4 is 8.32 Å². The minimum Gasteiger partial charge on any atom is -0.414 e. The van der Waals surface area contributed by atoms with Gasteiger partial charge < -0.3 is 19.0 Å². The molecule has 0 bridgehead atoms. The van der Waals surface area contributed by atoms with Gasteiger partial charge in [0.2, 0.25) is 0 Å². The third kappa shape index (κ3) is 10.1. The number of methoxy groups -OCH3 is 1. The van der Waals surface area contributed by atoms with Gasteiger partial charge in [0, 0.05) is 19.8 Å². The third-order valence-corrected chi connectivity index (χ3v) is 9.56. The molecule has 1 N–H and O–H groups in total. The zero-order chi connectivity index (χ0) is 18.6. The van der Waals surface area contributed by atoms with Crippen LogP contribution in [0.4, 0.5) is 0 Å². The lowest BCUT2D eigenvalue weighted by molar-refractivity contribution is -0.0868. The Kier molecular flexibility index (Phi) is 12.4. The summed E-state index contributed by atoms with van der Waals surface area (Å²) in [4.78, 5) is 0. The largest absolute Gasteiger partial charge is 0.414 e. The molecule has 0 aromatic carbocycles. The molecule has 0 unspecified atom stereocenters. The van der Waals surface area contributed by atoms with Crippen LogP contribution in [0, 0.1) is 0 Å². The Morgan fingerprint density at radius 1 is 1.00 bits per heavy atom. The molecule has 0 saturated carbocycles. The van der Waals surface area contributed by atoms with Crippen LogP contribution in [0.5, 0.6) is 0 Å². The van der Waals surface area contributed by atoms with Crippen molar-refractivity contribution in [2.45, 2.75) is 103 Å². The molecule has 4 nitrogen and oxygen atoms in total. The first-order valence-corrected chi connectivity index (χ1v) is 12.5. The number of rotatable bonds is 14. The molecule has 0 heterocycles. The molecule has 0 spiro atoms. The molecule has 24 heavy (non-hydrogen) atoms. The molecule has 0 rings (SSSR count). The summed E-state index contributed by atoms with van der Waals surface area (Å²) < 4.78 is 17.6. The van der Waals surface area contributed by atoms with E-state index in [9.17, 15) is 5.11 Å². The zero-order valence-electron chi connectivity index (χ0n) is 17.2. The molecule has 0 aliphatic rings. The van der Waals surface area contributed by atoms with Crippen LogP contribution in [0.15, 0.2) is 0 Å². The summed E-state index contributed by atoms with van der Waals surface area (Å²) in [5, 5.41) is 9.42. The Morgan fingerprint density at radius 3 is 2.12 bits per heavy atom. The Labute approximate surface area is 151 Å². The molecule has 0 amide bonds. The standard InChI is InChI=1S/C19H42O4Si/c1-8-9-10-12-17(22-16-21-5)15-18(13-11-14-20)23-24(6,7)19(2,3)4/h17-18,20H,8-16H2,1-7H3/t17-,18-/m0/s1. The van der Waals surface area contributed by atoms with Crippen molar-refractivity contribution < 1.29 is 19.0 Å². The molecule has 146 valence electrons. The van der Waals surface area contributed by atoms with E-state index in [1.807, 2.05) is 0 Å². The molecule has 0 fully saturated rings. The fraction of sp³-hybridized carbons (Fsp3) is 1.00. The average molecular weight is 363 g/mol. The van der Waals surface area contributed by atoms with E-state index in [4.69, 9.17) is 13.9 Å². The second-order valence-corrected chi connectivity index (χ2v) is 13.0. The Morgan fingerprint density at radius 2 is 1.62 bits per heavy atom. The first-order valence-electron chi connectivity index (χ1n) is 9.57. The van der Waals surface area contributed by atoms with Gasteiger partial charge in [-0.3, -0.25) is 0 Å². The van der Waals surface area contributed by atoms with E-state index in [0.717, 1.165) is 25.7 Å². The maximum absolute atomic E-state index is 9.23. The van der Waals surface area contributed by atoms with Gasteiger partial charge in [0.15, 0.2) is 8.32 Å². The maximum Gasteiger partial charge on any atom is 0.192 e. The van der Waals surface area contributed by atoms with Crippen LogP contribution in [0.2, 0.25) is 18.1 Å². The van der Waals surface area contributed by atoms with E-state index in [-0.39, 0.29) is 23.9 Å². The summed E-state index contributed by atoms with van der Waals surface area (Å²) >= 11 is 0. The lowest BCUT2D eigenvalue weighted by atomic mass is 10.0. The summed E-state index contributed by atoms with van der Waals surface area (Å²) in [6.07, 6.45) is 7.56. The van der Waals surface area contributed by atoms with Gasteiger partial charge in [-0.15, -0.1) is 0 Å². The van der Waals surface area contributed by atoms with Crippen molar-refractivity contribution in [1.82, 2.24) is 0 Å². The molecule has 2 atom stereocenters. The van der Waals surface area contributed by atoms with Crippen LogP contribution < -0.4 is 0 Å². The van der Waals surface area contributed by atoms with E-state index < -0.39 is 8.32 Å². The number of aliphatic hydroxyl groups is 1. The van der Waals surface area contributed by atoms with E-state index in [1.165, 1.54) is 19.3 Å². The second kappa shape index (κ2) is 12.4. The quantitative estimate of drug-likeness (QED) is 0.265. The molecule has 0 aromatic heterocycles. The zero-order valence-corrected chi connectivity index (χ0v) is 18.2. The number of unbranched alkanes of at least 4 members (excludes halogenated alkanes) is 2. The van der Waals surface area contributed by atoms with E-state index in [0.29, 0.717) is 6.79 Å². The van der Waals surface area contributed by atoms with Crippen molar-refractivity contribution in [3.63, 3.8) is 0 Å². The van der Waals surface area contributed by atoms with Crippen LogP contribution in [-0.2, 0) is 13.9 Å². The van der Waals surface area contributed by atoms with Crippen molar-refractivity contribution in [1.29, 1.82) is 0 Å². The Balaban J connectivity index is 4.83. The molecule has 5 heteroatoms. The molecule has 0 saturated heterocycles. The number of ether oxygens (including phenoxy) is 2. The Bertz CT molecular complexity index is 302. The molecular formula is C19H42O4Si. The van der Waals surface area contributed by atoms with E-state index >= 15 is 0 Å². The lowest BCUT2D eigenvalue weighted by Gasteiger charge is -2.40. The van der Waals surface area contributed by atoms with E-state index in [1.54, 1.807) is 7.11 Å². The molecule has 0 aliphatic heterocycles. The van der Waals surface area contributed by atoms with Crippen LogP contribution in [0.3, 0.4) is 0 Å². The minimum atomic E-state index is -1.82. The topological polar surface area (TPSA) is 47.9 Å². The van der Waals surface area contributed by atoms with Gasteiger partial charge in [0.25, 0.3) is 0 Å². The van der Waals surface area contributed by atoms with Gasteiger partial charge in [-0.1, -0.05) is 47.0 Å². The molecule has 0 aromatic rings. The highest BCUT2D eigenvalue weighted by Gasteiger charge is 2.39. The van der Waals surface area contributed by atoms with Crippen molar-refractivity contribution in [3.8, 4) is 0 Å². The highest BCUT2D eigenvalue weighted by atomic mass is 28.4. The second-order valence-electron chi connectivity index (χ2n) is 8.29. The van der Waals surface area contributed by atoms with Gasteiger partial charge in [0.05, 0.1) is 6.10 Å². The number of aliphatic hydroxyl groups excluding tert-OH is 1. The van der Waals surface area contributed by atoms with Gasteiger partial charge >= 0.3 is 0 Å². The van der Waals surface area contributed by atoms with Crippen LogP contribution in [0.25, 0.3) is 0 Å². The average Bonchev–Trinajstić information content (AvgIpc) is 2.48. The summed E-state index contributed by atoms with van der Waals surface area (Å²) in [6.45, 7) is 14.2. The van der Waals surface area contributed by atoms with Gasteiger partial charge in [0.1, 0.15) is 6.79 Å². The monoisotopic (exact) mass is 362 g/mol. The lowest BCUT2D eigenvalue weighted by Crippen LogP contribution is -2.44. The SMILES string of the molecule is CCCCC[C@@H](C[C@H](CCCO)O[Si](C)(C)C(C)(C)C)OCOC. The summed E-state index contributed by atoms with van der Waals surface area (Å²) in [5.74, 6) is 0. The highest BCUT2D eigenvalue weighted by molar-refractivity contribution is 6.74. The van der Waals surface area contributed by atoms with E-state index in [2.05, 4.69) is 40.8 Å². The smallest absolute Gasteiger partial charge is 0.192 e. The van der Waals surface area contributed by atoms with Crippen molar-refractivity contribution in [2.24, 2.45) is 0 Å². The Hall–Kier alpha value is 0.0569. The molecular weight excluding hydrogens is 320 g/mol. The molecule has 0 aliphatic carbocycles. The maximum atomic E-state index is 9.23. The first kappa shape index (κ1) is 24.1. The normalized spacial score (nSPS) is 15.5. The third-order valence-electron chi connectivity index (χ3n) is 5.03. The minimum absolute atomic E-state index is 0.154. The fourth-order valence-corrected chi connectivity index (χ4v) is 3.89. The number of hydrogen-bond donors (Lipinski definition) is 1. The van der Waals surface area contributed by atoms with Gasteiger partial charge in [-0.05, 0) is 43.8 Å². The van der Waals surface area contributed by atoms with Crippen LogP contribution in [0.1, 0.15) is 72.6 Å². The summed E-state index contributed by atoms with van der Waals surface area (Å²) in [7, 11) is -0.157. The summed E-state index contributed by atoms with van der Waals surface area (Å²) in [5.41, 5.74) is 0. The predicted molar refractivity (Wildman–Crippen MR) is 104 cm³/mol. The highest BCUT2D eigenvalue weighted by Crippen LogP contribution is 2.38. The molecule has 0 radical (unpaired) electrons. The first-order chi connectivity index (χ1) is 11.2. The predicted octanol–water partition coefficient (Wildman–Crippen LogP) is 5.11. The van der Waals surface area contributed by atoms with Gasteiger partial charge in [-0.2, -0.15) is 0 Å². The van der Waals surface area contributed by atoms with Crippen molar-refractivity contribution in [2.75, 3.05) is 20.5 Å². The fourth-order valence-electron chi connectivity index (χ4n) is 2.49. The number of hydrogen-bond acceptors (Lipinski definition) is 4. The van der Waals surface area contributed by atoms with Crippen molar-refractivity contribution in [3.05, 3.63) is 0 Å². The van der Waals surface area contributed by atoms with Crippen LogP contribution >= 0.6 is 0 Å². The van der Waals surface area contributed by atoms with Crippen LogP contribution in [-0.4, -0.2) is 46.1 Å². The summed E-state index contributed by atoms with van der Waals surface area (Å²) in [6, 6.07) is 0. The van der Waals surface area contributed by atoms with Gasteiger partial charge in [-0.25, -0.2) is 0 Å².